The minimum atomic E-state index is -0.545. The van der Waals surface area contributed by atoms with Crippen molar-refractivity contribution in [1.29, 1.82) is 0 Å². The van der Waals surface area contributed by atoms with Crippen molar-refractivity contribution in [1.82, 2.24) is 0 Å². The van der Waals surface area contributed by atoms with E-state index in [0.29, 0.717) is 0 Å². The smallest absolute Gasteiger partial charge is 0.144 e. The third-order valence-electron chi connectivity index (χ3n) is 32.1. The Hall–Kier alpha value is -13.1. The Morgan fingerprint density at radius 3 is 1.15 bits per heavy atom. The molecule has 0 radical (unpaired) electrons. The van der Waals surface area contributed by atoms with Crippen molar-refractivity contribution in [3.63, 3.8) is 0 Å². The van der Waals surface area contributed by atoms with Crippen LogP contribution in [0.4, 0.5) is 17.1 Å². The summed E-state index contributed by atoms with van der Waals surface area (Å²) < 4.78 is 14.5. The summed E-state index contributed by atoms with van der Waals surface area (Å²) in [6.45, 7) is 24.4. The molecule has 2 heterocycles. The molecule has 25 rings (SSSR count). The molecular formula is C124H105NO2. The molecule has 0 atom stereocenters. The monoisotopic (exact) mass is 1640 g/mol. The summed E-state index contributed by atoms with van der Waals surface area (Å²) in [7, 11) is 0. The van der Waals surface area contributed by atoms with E-state index in [1.54, 1.807) is 11.1 Å². The van der Waals surface area contributed by atoms with Gasteiger partial charge in [0, 0.05) is 76.8 Å². The molecule has 0 aliphatic heterocycles. The summed E-state index contributed by atoms with van der Waals surface area (Å²) >= 11 is 0. The molecule has 0 saturated carbocycles. The first-order valence-corrected chi connectivity index (χ1v) is 47.2. The Balaban J connectivity index is 0.594. The summed E-state index contributed by atoms with van der Waals surface area (Å²) in [5, 5.41) is 4.66. The molecule has 0 saturated heterocycles. The van der Waals surface area contributed by atoms with Crippen molar-refractivity contribution in [2.45, 2.75) is 179 Å². The first-order valence-electron chi connectivity index (χ1n) is 47.2. The molecule has 0 unspecified atom stereocenters. The number of rotatable bonds is 18. The van der Waals surface area contributed by atoms with Crippen molar-refractivity contribution in [2.24, 2.45) is 0 Å². The Labute approximate surface area is 746 Å². The van der Waals surface area contributed by atoms with E-state index in [2.05, 4.69) is 384 Å². The van der Waals surface area contributed by atoms with Gasteiger partial charge in [-0.2, -0.15) is 0 Å². The van der Waals surface area contributed by atoms with Crippen LogP contribution in [0.25, 0.3) is 155 Å². The second kappa shape index (κ2) is 27.7. The van der Waals surface area contributed by atoms with Crippen LogP contribution in [-0.2, 0) is 32.5 Å². The summed E-state index contributed by atoms with van der Waals surface area (Å²) in [5.74, 6) is 0. The lowest BCUT2D eigenvalue weighted by Crippen LogP contribution is -2.26. The fourth-order valence-electron chi connectivity index (χ4n) is 26.1. The van der Waals surface area contributed by atoms with Crippen molar-refractivity contribution in [2.75, 3.05) is 4.90 Å². The van der Waals surface area contributed by atoms with E-state index in [1.807, 2.05) is 0 Å². The number of hydrogen-bond donors (Lipinski definition) is 0. The Morgan fingerprint density at radius 2 is 0.591 bits per heavy atom. The van der Waals surface area contributed by atoms with E-state index in [4.69, 9.17) is 8.83 Å². The zero-order valence-electron chi connectivity index (χ0n) is 74.7. The maximum Gasteiger partial charge on any atom is 0.144 e. The number of anilines is 3. The molecule has 0 amide bonds. The highest BCUT2D eigenvalue weighted by Gasteiger charge is 2.54. The first-order chi connectivity index (χ1) is 61.9. The lowest BCUT2D eigenvalue weighted by molar-refractivity contribution is 0.399. The van der Waals surface area contributed by atoms with E-state index in [9.17, 15) is 0 Å². The lowest BCUT2D eigenvalue weighted by atomic mass is 9.70. The minimum absolute atomic E-state index is 0.0337. The second-order valence-corrected chi connectivity index (χ2v) is 40.2. The highest BCUT2D eigenvalue weighted by molar-refractivity contribution is 6.22. The maximum atomic E-state index is 7.27. The number of nitrogens with zero attached hydrogens (tertiary/aromatic N) is 1. The van der Waals surface area contributed by atoms with Gasteiger partial charge in [-0.15, -0.1) is 0 Å². The Bertz CT molecular complexity index is 7670. The van der Waals surface area contributed by atoms with Crippen LogP contribution in [0.3, 0.4) is 0 Å². The summed E-state index contributed by atoms with van der Waals surface area (Å²) in [4.78, 5) is 2.60. The van der Waals surface area contributed by atoms with Crippen LogP contribution in [0.5, 0.6) is 0 Å². The molecule has 0 fully saturated rings. The van der Waals surface area contributed by atoms with Gasteiger partial charge in [0.05, 0.1) is 5.41 Å². The Kier molecular flexibility index (Phi) is 16.7. The predicted molar refractivity (Wildman–Crippen MR) is 532 cm³/mol. The van der Waals surface area contributed by atoms with E-state index in [-0.39, 0.29) is 16.2 Å². The minimum Gasteiger partial charge on any atom is -0.455 e. The van der Waals surface area contributed by atoms with Crippen molar-refractivity contribution >= 4 is 60.9 Å². The highest BCUT2D eigenvalue weighted by Crippen LogP contribution is 2.68. The number of para-hydroxylation sites is 2. The number of furan rings is 2. The van der Waals surface area contributed by atoms with Gasteiger partial charge < -0.3 is 13.7 Å². The van der Waals surface area contributed by atoms with E-state index >= 15 is 0 Å². The molecule has 16 aromatic carbocycles. The van der Waals surface area contributed by atoms with Gasteiger partial charge in [0.1, 0.15) is 22.3 Å². The van der Waals surface area contributed by atoms with Gasteiger partial charge in [-0.1, -0.05) is 370 Å². The van der Waals surface area contributed by atoms with Crippen LogP contribution < -0.4 is 4.90 Å². The molecular weight excluding hydrogens is 1540 g/mol. The van der Waals surface area contributed by atoms with Gasteiger partial charge in [0.2, 0.25) is 0 Å². The molecule has 0 N–H and O–H groups in total. The zero-order chi connectivity index (χ0) is 85.5. The molecule has 1 spiro atoms. The van der Waals surface area contributed by atoms with Gasteiger partial charge in [0.25, 0.3) is 0 Å². The van der Waals surface area contributed by atoms with Crippen LogP contribution in [0, 0.1) is 0 Å². The molecule has 0 bridgehead atoms. The van der Waals surface area contributed by atoms with E-state index in [0.717, 1.165) is 61.3 Å². The van der Waals surface area contributed by atoms with Crippen LogP contribution in [0.1, 0.15) is 224 Å². The third kappa shape index (κ3) is 10.5. The zero-order valence-corrected chi connectivity index (χ0v) is 74.7. The van der Waals surface area contributed by atoms with Crippen LogP contribution in [0.15, 0.2) is 318 Å². The highest BCUT2D eigenvalue weighted by atomic mass is 16.3. The van der Waals surface area contributed by atoms with Crippen molar-refractivity contribution in [3.05, 3.63) is 387 Å². The van der Waals surface area contributed by atoms with Crippen molar-refractivity contribution in [3.8, 4) is 111 Å². The fourth-order valence-corrected chi connectivity index (χ4v) is 26.1. The maximum absolute atomic E-state index is 7.27. The van der Waals surface area contributed by atoms with Gasteiger partial charge >= 0.3 is 0 Å². The van der Waals surface area contributed by atoms with Gasteiger partial charge in [-0.25, -0.2) is 0 Å². The summed E-state index contributed by atoms with van der Waals surface area (Å²) in [5.41, 5.74) is 50.0. The van der Waals surface area contributed by atoms with Crippen molar-refractivity contribution < 1.29 is 8.83 Å². The van der Waals surface area contributed by atoms with Gasteiger partial charge in [-0.05, 0) is 264 Å². The number of benzene rings is 16. The largest absolute Gasteiger partial charge is 0.455 e. The number of fused-ring (bicyclic) bond motifs is 35. The average Bonchev–Trinajstić information content (AvgIpc) is 1.51. The third-order valence-corrected chi connectivity index (χ3v) is 32.1. The standard InChI is InChI=1S/C124H105NO2/c1-11-13-15-17-33-65-123(66-34-18-16-14-12-2)97-43-27-19-35-82(97)88-61-55-78(69-105(88)123)77-54-60-87-86-59-53-76(67-101(86)119(3,4)102(87)68-77)74-49-51-75(52-50-74)95-73-107-110(112-93-40-24-31-47-108(93)126-117(95)112)91-63-57-79(70-103(91)120(107,5)6)125(81-56-62-89-85-38-22-30-46-100(85)124(106(89)72-81)98-44-28-20-36-83(98)84-37-21-29-45-99(84)124)80-58-64-92-104(71-80)122(9,10)115-111(92)113-94-41-25-32-48-109(94)127-118(113)114-90-39-23-26-42-96(90)121(7,8)116(114)115/h19-32,35-64,67-73H,11-18,33-34,65-66H2,1-10H3. The topological polar surface area (TPSA) is 29.5 Å². The van der Waals surface area contributed by atoms with Crippen LogP contribution in [0.2, 0.25) is 0 Å². The summed E-state index contributed by atoms with van der Waals surface area (Å²) in [6, 6.07) is 120. The van der Waals surface area contributed by atoms with Gasteiger partial charge in [0.15, 0.2) is 0 Å². The molecule has 2 aromatic heterocycles. The first kappa shape index (κ1) is 76.4. The lowest BCUT2D eigenvalue weighted by Gasteiger charge is -2.33. The van der Waals surface area contributed by atoms with Gasteiger partial charge in [-0.3, -0.25) is 0 Å². The molecule has 127 heavy (non-hydrogen) atoms. The molecule has 3 nitrogen and oxygen atoms in total. The molecule has 618 valence electrons. The van der Waals surface area contributed by atoms with E-state index < -0.39 is 16.2 Å². The second-order valence-electron chi connectivity index (χ2n) is 40.2. The molecule has 3 heteroatoms. The fraction of sp³-hybridized carbons (Fsp3) is 0.226. The average molecular weight is 1640 g/mol. The molecule has 18 aromatic rings. The number of hydrogen-bond acceptors (Lipinski definition) is 3. The molecule has 7 aliphatic carbocycles. The van der Waals surface area contributed by atoms with E-state index in [1.165, 1.54) is 255 Å². The van der Waals surface area contributed by atoms with Crippen LogP contribution >= 0.6 is 0 Å². The predicted octanol–water partition coefficient (Wildman–Crippen LogP) is 34.5. The quantitative estimate of drug-likeness (QED) is 0.0802. The SMILES string of the molecule is CCCCCCCC1(CCCCCCC)c2ccccc2-c2ccc(-c3ccc4c(c3)C(C)(C)c3cc(-c5ccc(-c6cc7c(c8c6oc6ccccc68)-c6ccc(N(c8ccc9c(c8)C(C)(C)c8c%10c(c%11oc%12ccccc%12c%11c8-9)-c8ccccc8C%10(C)C)c8ccc9c(c8)C8(c%10ccccc%10-c%10ccccc%108)c8ccccc8-9)cc6C7(C)C)cc5)ccc3-4)cc21. The molecule has 7 aliphatic rings. The number of unbranched alkanes of at least 4 members (excludes halogenated alkanes) is 8. The summed E-state index contributed by atoms with van der Waals surface area (Å²) in [6.07, 6.45) is 15.4. The normalized spacial score (nSPS) is 15.8. The van der Waals surface area contributed by atoms with Crippen LogP contribution in [-0.4, -0.2) is 0 Å². The Morgan fingerprint density at radius 1 is 0.236 bits per heavy atom.